The number of nitrogens with one attached hydrogen (secondary N) is 2. The van der Waals surface area contributed by atoms with Crippen LogP contribution in [0, 0.1) is 0 Å². The van der Waals surface area contributed by atoms with Gasteiger partial charge in [0.2, 0.25) is 11.2 Å². The molecule has 1 amide bonds. The Bertz CT molecular complexity index is 437. The first-order valence-corrected chi connectivity index (χ1v) is 6.62. The maximum atomic E-state index is 11.4. The van der Waals surface area contributed by atoms with Crippen molar-refractivity contribution in [1.82, 2.24) is 15.3 Å². The zero-order valence-corrected chi connectivity index (χ0v) is 11.3. The molecule has 0 aliphatic heterocycles. The van der Waals surface area contributed by atoms with E-state index >= 15 is 0 Å². The molecule has 1 aromatic rings. The van der Waals surface area contributed by atoms with E-state index in [1.165, 1.54) is 6.20 Å². The first-order chi connectivity index (χ1) is 8.65. The predicted molar refractivity (Wildman–Crippen MR) is 70.9 cm³/mol. The summed E-state index contributed by atoms with van der Waals surface area (Å²) >= 11 is 11.5. The molecule has 0 radical (unpaired) electrons. The number of hydrogen-bond donors (Lipinski definition) is 2. The lowest BCUT2D eigenvalue weighted by molar-refractivity contribution is -0.121. The number of carbonyl (C=O) groups is 1. The average molecular weight is 289 g/mol. The maximum Gasteiger partial charge on any atom is 0.224 e. The summed E-state index contributed by atoms with van der Waals surface area (Å²) in [6.45, 7) is 0.616. The minimum Gasteiger partial charge on any atom is -0.369 e. The molecule has 2 N–H and O–H groups in total. The van der Waals surface area contributed by atoms with Gasteiger partial charge in [0.15, 0.2) is 0 Å². The predicted octanol–water partition coefficient (Wildman–Crippen LogP) is 2.25. The Kier molecular flexibility index (Phi) is 4.60. The Morgan fingerprint density at radius 2 is 2.22 bits per heavy atom. The van der Waals surface area contributed by atoms with Crippen LogP contribution in [-0.2, 0) is 4.79 Å². The molecule has 0 unspecified atom stereocenters. The molecule has 0 atom stereocenters. The van der Waals surface area contributed by atoms with Gasteiger partial charge in [0.1, 0.15) is 10.8 Å². The highest BCUT2D eigenvalue weighted by Crippen LogP contribution is 2.20. The summed E-state index contributed by atoms with van der Waals surface area (Å²) in [6.07, 6.45) is 4.88. The maximum absolute atomic E-state index is 11.4. The smallest absolute Gasteiger partial charge is 0.224 e. The second-order valence-corrected chi connectivity index (χ2v) is 4.95. The van der Waals surface area contributed by atoms with Crippen LogP contribution in [0.5, 0.6) is 0 Å². The number of halogens is 2. The van der Waals surface area contributed by atoms with Gasteiger partial charge in [0.25, 0.3) is 0 Å². The van der Waals surface area contributed by atoms with Crippen LogP contribution in [-0.4, -0.2) is 28.5 Å². The van der Waals surface area contributed by atoms with Crippen LogP contribution < -0.4 is 10.6 Å². The molecular formula is C11H14Cl2N4O. The van der Waals surface area contributed by atoms with E-state index in [0.717, 1.165) is 19.3 Å². The topological polar surface area (TPSA) is 66.9 Å². The number of rotatable bonds is 6. The number of amides is 1. The van der Waals surface area contributed by atoms with Crippen LogP contribution in [0.3, 0.4) is 0 Å². The second kappa shape index (κ2) is 6.20. The number of nitrogens with zero attached hydrogens (tertiary/aromatic N) is 2. The van der Waals surface area contributed by atoms with E-state index in [1.807, 2.05) is 0 Å². The molecule has 1 fully saturated rings. The molecule has 7 heteroatoms. The highest BCUT2D eigenvalue weighted by Gasteiger charge is 2.22. The van der Waals surface area contributed by atoms with Crippen LogP contribution in [0.2, 0.25) is 10.3 Å². The van der Waals surface area contributed by atoms with Crippen molar-refractivity contribution in [2.45, 2.75) is 31.7 Å². The van der Waals surface area contributed by atoms with E-state index in [2.05, 4.69) is 20.6 Å². The third-order valence-corrected chi connectivity index (χ3v) is 2.99. The Morgan fingerprint density at radius 1 is 1.44 bits per heavy atom. The van der Waals surface area contributed by atoms with Crippen molar-refractivity contribution in [3.05, 3.63) is 16.5 Å². The van der Waals surface area contributed by atoms with Crippen molar-refractivity contribution in [2.75, 3.05) is 11.9 Å². The lowest BCUT2D eigenvalue weighted by Gasteiger charge is -2.07. The molecule has 0 spiro atoms. The van der Waals surface area contributed by atoms with Crippen LogP contribution in [0.15, 0.2) is 6.20 Å². The first kappa shape index (κ1) is 13.4. The van der Waals surface area contributed by atoms with Crippen molar-refractivity contribution in [1.29, 1.82) is 0 Å². The van der Waals surface area contributed by atoms with E-state index in [1.54, 1.807) is 0 Å². The fourth-order valence-electron chi connectivity index (χ4n) is 1.45. The Hall–Kier alpha value is -1.07. The lowest BCUT2D eigenvalue weighted by Crippen LogP contribution is -2.25. The number of aromatic nitrogens is 2. The molecule has 0 bridgehead atoms. The molecule has 18 heavy (non-hydrogen) atoms. The molecule has 5 nitrogen and oxygen atoms in total. The van der Waals surface area contributed by atoms with Crippen LogP contribution in [0.4, 0.5) is 5.82 Å². The molecular weight excluding hydrogens is 275 g/mol. The summed E-state index contributed by atoms with van der Waals surface area (Å²) in [5, 5.41) is 6.53. The Balaban J connectivity index is 1.67. The molecule has 1 aliphatic carbocycles. The summed E-state index contributed by atoms with van der Waals surface area (Å²) in [5.74, 6) is 0.602. The van der Waals surface area contributed by atoms with E-state index in [-0.39, 0.29) is 11.2 Å². The minimum absolute atomic E-state index is 0.103. The molecule has 1 aromatic heterocycles. The van der Waals surface area contributed by atoms with Crippen molar-refractivity contribution in [3.63, 3.8) is 0 Å². The highest BCUT2D eigenvalue weighted by molar-refractivity contribution is 6.33. The van der Waals surface area contributed by atoms with Crippen LogP contribution >= 0.6 is 23.2 Å². The third kappa shape index (κ3) is 4.31. The summed E-state index contributed by atoms with van der Waals surface area (Å²) in [5.41, 5.74) is 0. The van der Waals surface area contributed by atoms with Crippen molar-refractivity contribution in [3.8, 4) is 0 Å². The third-order valence-electron chi connectivity index (χ3n) is 2.53. The SMILES string of the molecule is O=C(CCCNc1nc(Cl)ncc1Cl)NC1CC1. The standard InChI is InChI=1S/C11H14Cl2N4O/c12-8-6-15-11(13)17-10(8)14-5-1-2-9(18)16-7-3-4-7/h6-7H,1-5H2,(H,16,18)(H,14,15,17). The number of hydrogen-bond acceptors (Lipinski definition) is 4. The monoisotopic (exact) mass is 288 g/mol. The van der Waals surface area contributed by atoms with E-state index < -0.39 is 0 Å². The summed E-state index contributed by atoms with van der Waals surface area (Å²) < 4.78 is 0. The average Bonchev–Trinajstić information content (AvgIpc) is 3.13. The van der Waals surface area contributed by atoms with Gasteiger partial charge in [-0.2, -0.15) is 4.98 Å². The zero-order valence-electron chi connectivity index (χ0n) is 9.75. The van der Waals surface area contributed by atoms with Crippen LogP contribution in [0.25, 0.3) is 0 Å². The highest BCUT2D eigenvalue weighted by atomic mass is 35.5. The number of anilines is 1. The molecule has 0 saturated heterocycles. The van der Waals surface area contributed by atoms with Gasteiger partial charge in [-0.15, -0.1) is 0 Å². The van der Waals surface area contributed by atoms with E-state index in [9.17, 15) is 4.79 Å². The Labute approximate surface area is 115 Å². The van der Waals surface area contributed by atoms with Gasteiger partial charge in [0.05, 0.1) is 6.20 Å². The number of carbonyl (C=O) groups excluding carboxylic acids is 1. The summed E-state index contributed by atoms with van der Waals surface area (Å²) in [6, 6.07) is 0.417. The van der Waals surface area contributed by atoms with Gasteiger partial charge in [-0.05, 0) is 30.9 Å². The summed E-state index contributed by atoms with van der Waals surface area (Å²) in [7, 11) is 0. The molecule has 1 aliphatic rings. The second-order valence-electron chi connectivity index (χ2n) is 4.21. The van der Waals surface area contributed by atoms with Gasteiger partial charge < -0.3 is 10.6 Å². The normalized spacial score (nSPS) is 14.3. The van der Waals surface area contributed by atoms with E-state index in [4.69, 9.17) is 23.2 Å². The van der Waals surface area contributed by atoms with Gasteiger partial charge in [0, 0.05) is 19.0 Å². The molecule has 0 aromatic carbocycles. The molecule has 98 valence electrons. The molecule has 1 heterocycles. The Morgan fingerprint density at radius 3 is 2.94 bits per heavy atom. The zero-order chi connectivity index (χ0) is 13.0. The minimum atomic E-state index is 0.103. The van der Waals surface area contributed by atoms with Crippen LogP contribution in [0.1, 0.15) is 25.7 Å². The fourth-order valence-corrected chi connectivity index (χ4v) is 1.74. The summed E-state index contributed by atoms with van der Waals surface area (Å²) in [4.78, 5) is 19.1. The molecule has 1 saturated carbocycles. The van der Waals surface area contributed by atoms with E-state index in [0.29, 0.717) is 29.8 Å². The van der Waals surface area contributed by atoms with Gasteiger partial charge >= 0.3 is 0 Å². The largest absolute Gasteiger partial charge is 0.369 e. The lowest BCUT2D eigenvalue weighted by atomic mass is 10.3. The van der Waals surface area contributed by atoms with Gasteiger partial charge in [-0.1, -0.05) is 11.6 Å². The van der Waals surface area contributed by atoms with Gasteiger partial charge in [-0.25, -0.2) is 4.98 Å². The fraction of sp³-hybridized carbons (Fsp3) is 0.545. The van der Waals surface area contributed by atoms with Crippen molar-refractivity contribution < 1.29 is 4.79 Å². The quantitative estimate of drug-likeness (QED) is 0.622. The van der Waals surface area contributed by atoms with Gasteiger partial charge in [-0.3, -0.25) is 4.79 Å². The van der Waals surface area contributed by atoms with Crippen molar-refractivity contribution >= 4 is 34.9 Å². The molecule has 2 rings (SSSR count). The first-order valence-electron chi connectivity index (χ1n) is 5.86. The van der Waals surface area contributed by atoms with Crippen molar-refractivity contribution in [2.24, 2.45) is 0 Å².